The van der Waals surface area contributed by atoms with Crippen LogP contribution in [0.15, 0.2) is 0 Å². The number of hydrogen-bond donors (Lipinski definition) is 2. The Bertz CT molecular complexity index is 175. The van der Waals surface area contributed by atoms with Crippen LogP contribution in [0, 0.1) is 5.92 Å². The van der Waals surface area contributed by atoms with Gasteiger partial charge in [-0.15, -0.1) is 0 Å². The predicted molar refractivity (Wildman–Crippen MR) is 69.5 cm³/mol. The summed E-state index contributed by atoms with van der Waals surface area (Å²) in [6.45, 7) is 9.80. The van der Waals surface area contributed by atoms with Gasteiger partial charge in [-0.3, -0.25) is 4.79 Å². The van der Waals surface area contributed by atoms with Gasteiger partial charge in [-0.1, -0.05) is 40.5 Å². The molecule has 2 N–H and O–H groups in total. The third-order valence-electron chi connectivity index (χ3n) is 2.53. The summed E-state index contributed by atoms with van der Waals surface area (Å²) < 4.78 is 0. The Labute approximate surface area is 100 Å². The molecule has 0 aliphatic heterocycles. The highest BCUT2D eigenvalue weighted by Crippen LogP contribution is 2.03. The lowest BCUT2D eigenvalue weighted by Gasteiger charge is -2.17. The summed E-state index contributed by atoms with van der Waals surface area (Å²) in [6.07, 6.45) is 4.66. The maximum atomic E-state index is 11.5. The van der Waals surface area contributed by atoms with E-state index in [1.165, 1.54) is 12.8 Å². The van der Waals surface area contributed by atoms with E-state index in [4.69, 9.17) is 0 Å². The molecule has 16 heavy (non-hydrogen) atoms. The van der Waals surface area contributed by atoms with Gasteiger partial charge < -0.3 is 10.6 Å². The molecule has 0 heterocycles. The summed E-state index contributed by atoms with van der Waals surface area (Å²) in [7, 11) is 0. The third kappa shape index (κ3) is 8.72. The molecule has 0 aromatic rings. The second-order valence-corrected chi connectivity index (χ2v) is 4.85. The van der Waals surface area contributed by atoms with Gasteiger partial charge in [0, 0.05) is 12.6 Å². The maximum Gasteiger partial charge on any atom is 0.233 e. The molecule has 0 aliphatic rings. The molecule has 0 fully saturated rings. The van der Waals surface area contributed by atoms with Crippen molar-refractivity contribution in [3.63, 3.8) is 0 Å². The zero-order valence-electron chi connectivity index (χ0n) is 11.3. The van der Waals surface area contributed by atoms with Crippen LogP contribution in [-0.2, 0) is 4.79 Å². The molecule has 0 unspecified atom stereocenters. The van der Waals surface area contributed by atoms with E-state index in [1.54, 1.807) is 0 Å². The third-order valence-corrected chi connectivity index (χ3v) is 2.53. The second kappa shape index (κ2) is 9.64. The van der Waals surface area contributed by atoms with Crippen LogP contribution >= 0.6 is 0 Å². The van der Waals surface area contributed by atoms with E-state index in [1.807, 2.05) is 0 Å². The van der Waals surface area contributed by atoms with Gasteiger partial charge in [0.1, 0.15) is 0 Å². The average Bonchev–Trinajstić information content (AvgIpc) is 2.23. The van der Waals surface area contributed by atoms with Gasteiger partial charge in [-0.2, -0.15) is 0 Å². The van der Waals surface area contributed by atoms with Crippen molar-refractivity contribution in [2.24, 2.45) is 5.92 Å². The summed E-state index contributed by atoms with van der Waals surface area (Å²) in [6, 6.07) is 0.500. The lowest BCUT2D eigenvalue weighted by atomic mass is 10.1. The Kier molecular flexibility index (Phi) is 9.30. The van der Waals surface area contributed by atoms with Crippen LogP contribution < -0.4 is 10.6 Å². The Morgan fingerprint density at radius 2 is 1.69 bits per heavy atom. The molecular formula is C13H28N2O. The highest BCUT2D eigenvalue weighted by atomic mass is 16.1. The molecule has 0 spiro atoms. The van der Waals surface area contributed by atoms with E-state index in [0.29, 0.717) is 18.5 Å². The topological polar surface area (TPSA) is 41.1 Å². The first-order chi connectivity index (χ1) is 7.60. The van der Waals surface area contributed by atoms with Crippen molar-refractivity contribution in [2.45, 2.75) is 59.4 Å². The van der Waals surface area contributed by atoms with Crippen molar-refractivity contribution in [2.75, 3.05) is 13.1 Å². The molecule has 3 heteroatoms. The number of carbonyl (C=O) groups excluding carboxylic acids is 1. The first-order valence-corrected chi connectivity index (χ1v) is 6.60. The minimum Gasteiger partial charge on any atom is -0.355 e. The fourth-order valence-corrected chi connectivity index (χ4v) is 1.66. The molecule has 0 rings (SSSR count). The predicted octanol–water partition coefficient (Wildman–Crippen LogP) is 2.32. The molecule has 0 radical (unpaired) electrons. The lowest BCUT2D eigenvalue weighted by Crippen LogP contribution is -2.40. The van der Waals surface area contributed by atoms with Gasteiger partial charge in [0.15, 0.2) is 0 Å². The Morgan fingerprint density at radius 3 is 2.12 bits per heavy atom. The molecule has 1 amide bonds. The van der Waals surface area contributed by atoms with Crippen molar-refractivity contribution in [1.82, 2.24) is 10.6 Å². The molecule has 0 saturated carbocycles. The normalized spacial score (nSPS) is 11.1. The minimum atomic E-state index is 0.117. The fraction of sp³-hybridized carbons (Fsp3) is 0.923. The van der Waals surface area contributed by atoms with Gasteiger partial charge in [0.25, 0.3) is 0 Å². The van der Waals surface area contributed by atoms with E-state index in [-0.39, 0.29) is 5.91 Å². The smallest absolute Gasteiger partial charge is 0.233 e. The maximum absolute atomic E-state index is 11.5. The van der Waals surface area contributed by atoms with Crippen molar-refractivity contribution in [1.29, 1.82) is 0 Å². The van der Waals surface area contributed by atoms with E-state index < -0.39 is 0 Å². The van der Waals surface area contributed by atoms with Crippen LogP contribution in [0.2, 0.25) is 0 Å². The van der Waals surface area contributed by atoms with E-state index in [2.05, 4.69) is 38.3 Å². The molecule has 0 aliphatic carbocycles. The quantitative estimate of drug-likeness (QED) is 0.636. The molecule has 96 valence electrons. The molecule has 0 atom stereocenters. The zero-order chi connectivity index (χ0) is 12.4. The lowest BCUT2D eigenvalue weighted by molar-refractivity contribution is -0.120. The van der Waals surface area contributed by atoms with Crippen LogP contribution in [-0.4, -0.2) is 25.0 Å². The average molecular weight is 228 g/mol. The molecule has 0 saturated heterocycles. The first-order valence-electron chi connectivity index (χ1n) is 6.60. The number of amides is 1. The number of rotatable bonds is 9. The van der Waals surface area contributed by atoms with Gasteiger partial charge in [-0.05, 0) is 18.8 Å². The van der Waals surface area contributed by atoms with Gasteiger partial charge in [0.05, 0.1) is 6.54 Å². The van der Waals surface area contributed by atoms with Gasteiger partial charge in [-0.25, -0.2) is 0 Å². The summed E-state index contributed by atoms with van der Waals surface area (Å²) in [5, 5.41) is 6.25. The molecule has 0 aromatic heterocycles. The molecular weight excluding hydrogens is 200 g/mol. The minimum absolute atomic E-state index is 0.117. The zero-order valence-corrected chi connectivity index (χ0v) is 11.3. The van der Waals surface area contributed by atoms with Crippen molar-refractivity contribution in [3.8, 4) is 0 Å². The van der Waals surface area contributed by atoms with Crippen molar-refractivity contribution < 1.29 is 4.79 Å². The Hall–Kier alpha value is -0.570. The van der Waals surface area contributed by atoms with E-state index in [9.17, 15) is 4.79 Å². The monoisotopic (exact) mass is 228 g/mol. The van der Waals surface area contributed by atoms with E-state index >= 15 is 0 Å². The molecule has 3 nitrogen and oxygen atoms in total. The second-order valence-electron chi connectivity index (χ2n) is 4.85. The van der Waals surface area contributed by atoms with E-state index in [0.717, 1.165) is 19.4 Å². The number of hydrogen-bond acceptors (Lipinski definition) is 2. The van der Waals surface area contributed by atoms with Crippen LogP contribution in [0.5, 0.6) is 0 Å². The summed E-state index contributed by atoms with van der Waals surface area (Å²) in [5.41, 5.74) is 0. The SMILES string of the molecule is CCCC(CCC)NCC(=O)NCC(C)C. The largest absolute Gasteiger partial charge is 0.355 e. The summed E-state index contributed by atoms with van der Waals surface area (Å²) in [4.78, 5) is 11.5. The highest BCUT2D eigenvalue weighted by molar-refractivity contribution is 5.77. The first kappa shape index (κ1) is 15.4. The van der Waals surface area contributed by atoms with Crippen molar-refractivity contribution >= 4 is 5.91 Å². The van der Waals surface area contributed by atoms with Gasteiger partial charge in [0.2, 0.25) is 5.91 Å². The van der Waals surface area contributed by atoms with Crippen LogP contribution in [0.3, 0.4) is 0 Å². The van der Waals surface area contributed by atoms with Crippen LogP contribution in [0.4, 0.5) is 0 Å². The summed E-state index contributed by atoms with van der Waals surface area (Å²) >= 11 is 0. The Balaban J connectivity index is 3.68. The standard InChI is InChI=1S/C13H28N2O/c1-5-7-12(8-6-2)14-10-13(16)15-9-11(3)4/h11-12,14H,5-10H2,1-4H3,(H,15,16). The highest BCUT2D eigenvalue weighted by Gasteiger charge is 2.08. The van der Waals surface area contributed by atoms with Crippen LogP contribution in [0.1, 0.15) is 53.4 Å². The van der Waals surface area contributed by atoms with Crippen LogP contribution in [0.25, 0.3) is 0 Å². The summed E-state index contributed by atoms with van der Waals surface area (Å²) in [5.74, 6) is 0.636. The van der Waals surface area contributed by atoms with Crippen molar-refractivity contribution in [3.05, 3.63) is 0 Å². The van der Waals surface area contributed by atoms with Gasteiger partial charge >= 0.3 is 0 Å². The fourth-order valence-electron chi connectivity index (χ4n) is 1.66. The molecule has 0 aromatic carbocycles. The Morgan fingerprint density at radius 1 is 1.12 bits per heavy atom. The number of carbonyl (C=O) groups is 1. The number of nitrogens with one attached hydrogen (secondary N) is 2. The molecule has 0 bridgehead atoms.